The zero-order valence-electron chi connectivity index (χ0n) is 34.2. The fourth-order valence-corrected chi connectivity index (χ4v) is 15.8. The van der Waals surface area contributed by atoms with Gasteiger partial charge < -0.3 is 9.13 Å². The Morgan fingerprint density at radius 2 is 0.762 bits per heavy atom. The molecule has 12 aromatic rings. The van der Waals surface area contributed by atoms with E-state index in [1.807, 2.05) is 0 Å². The van der Waals surface area contributed by atoms with Crippen molar-refractivity contribution in [3.8, 4) is 45.3 Å². The van der Waals surface area contributed by atoms with Gasteiger partial charge in [-0.1, -0.05) is 182 Å². The summed E-state index contributed by atoms with van der Waals surface area (Å²) in [5.41, 5.74) is 12.3. The van der Waals surface area contributed by atoms with Crippen molar-refractivity contribution in [3.05, 3.63) is 231 Å². The van der Waals surface area contributed by atoms with Crippen LogP contribution in [0.1, 0.15) is 0 Å². The quantitative estimate of drug-likeness (QED) is 0.157. The zero-order valence-corrected chi connectivity index (χ0v) is 35.2. The van der Waals surface area contributed by atoms with E-state index >= 15 is 0 Å². The molecule has 63 heavy (non-hydrogen) atoms. The van der Waals surface area contributed by atoms with Crippen molar-refractivity contribution in [1.29, 1.82) is 0 Å². The maximum absolute atomic E-state index is 5.58. The molecule has 0 saturated heterocycles. The van der Waals surface area contributed by atoms with Crippen LogP contribution in [0.5, 0.6) is 0 Å². The molecule has 294 valence electrons. The van der Waals surface area contributed by atoms with Gasteiger partial charge >= 0.3 is 0 Å². The molecular formula is C58H38N4Si. The molecule has 9 aromatic carbocycles. The molecule has 13 rings (SSSR count). The van der Waals surface area contributed by atoms with Gasteiger partial charge in [0, 0.05) is 54.8 Å². The minimum absolute atomic E-state index is 0.732. The van der Waals surface area contributed by atoms with E-state index in [1.165, 1.54) is 69.9 Å². The number of hydrogen-bond donors (Lipinski definition) is 0. The number of rotatable bonds is 6. The topological polar surface area (TPSA) is 35.6 Å². The summed E-state index contributed by atoms with van der Waals surface area (Å²) >= 11 is 0. The first-order chi connectivity index (χ1) is 31.3. The Hall–Kier alpha value is -8.12. The van der Waals surface area contributed by atoms with Gasteiger partial charge in [-0.2, -0.15) is 0 Å². The number of nitrogens with zero attached hydrogens (tertiary/aromatic N) is 4. The summed E-state index contributed by atoms with van der Waals surface area (Å²) in [5.74, 6) is 0.732. The third-order valence-corrected chi connectivity index (χ3v) is 18.0. The van der Waals surface area contributed by atoms with Crippen molar-refractivity contribution >= 4 is 72.4 Å². The Morgan fingerprint density at radius 1 is 0.333 bits per heavy atom. The molecule has 0 N–H and O–H groups in total. The highest BCUT2D eigenvalue weighted by Crippen LogP contribution is 2.39. The van der Waals surface area contributed by atoms with E-state index in [0.717, 1.165) is 39.7 Å². The van der Waals surface area contributed by atoms with Gasteiger partial charge in [-0.3, -0.25) is 0 Å². The normalized spacial score (nSPS) is 12.9. The largest absolute Gasteiger partial charge is 0.309 e. The van der Waals surface area contributed by atoms with Gasteiger partial charge in [0.25, 0.3) is 0 Å². The second-order valence-corrected chi connectivity index (χ2v) is 20.2. The highest BCUT2D eigenvalue weighted by molar-refractivity contribution is 7.22. The van der Waals surface area contributed by atoms with E-state index in [4.69, 9.17) is 9.97 Å². The lowest BCUT2D eigenvalue weighted by atomic mass is 10.1. The minimum Gasteiger partial charge on any atom is -0.309 e. The van der Waals surface area contributed by atoms with Crippen LogP contribution in [0.4, 0.5) is 0 Å². The summed E-state index contributed by atoms with van der Waals surface area (Å²) in [6, 6.07) is 84.0. The zero-order chi connectivity index (χ0) is 41.5. The molecule has 0 amide bonds. The van der Waals surface area contributed by atoms with Crippen molar-refractivity contribution in [2.24, 2.45) is 0 Å². The third-order valence-electron chi connectivity index (χ3n) is 13.2. The molecule has 0 fully saturated rings. The predicted octanol–water partition coefficient (Wildman–Crippen LogP) is 11.4. The van der Waals surface area contributed by atoms with E-state index in [2.05, 4.69) is 240 Å². The summed E-state index contributed by atoms with van der Waals surface area (Å²) in [6.07, 6.45) is 0. The van der Waals surface area contributed by atoms with Crippen LogP contribution < -0.4 is 20.7 Å². The lowest BCUT2D eigenvalue weighted by Crippen LogP contribution is -2.73. The maximum Gasteiger partial charge on any atom is 0.185 e. The smallest absolute Gasteiger partial charge is 0.185 e. The highest BCUT2D eigenvalue weighted by Gasteiger charge is 2.52. The molecule has 0 radical (unpaired) electrons. The van der Waals surface area contributed by atoms with Gasteiger partial charge in [-0.25, -0.2) is 9.97 Å². The van der Waals surface area contributed by atoms with Gasteiger partial charge in [-0.05, 0) is 64.1 Å². The van der Waals surface area contributed by atoms with Gasteiger partial charge in [0.2, 0.25) is 0 Å². The fourth-order valence-electron chi connectivity index (χ4n) is 10.6. The summed E-state index contributed by atoms with van der Waals surface area (Å²) in [6.45, 7) is 0. The van der Waals surface area contributed by atoms with Crippen LogP contribution in [0, 0.1) is 0 Å². The minimum atomic E-state index is -3.10. The van der Waals surface area contributed by atoms with Gasteiger partial charge in [0.1, 0.15) is 0 Å². The molecule has 1 aliphatic heterocycles. The van der Waals surface area contributed by atoms with Crippen LogP contribution in [-0.2, 0) is 0 Å². The molecule has 5 heteroatoms. The van der Waals surface area contributed by atoms with E-state index in [0.29, 0.717) is 0 Å². The molecule has 3 aromatic heterocycles. The molecule has 4 heterocycles. The van der Waals surface area contributed by atoms with Crippen molar-refractivity contribution in [2.45, 2.75) is 0 Å². The van der Waals surface area contributed by atoms with Crippen LogP contribution in [-0.4, -0.2) is 27.2 Å². The third kappa shape index (κ3) is 5.21. The van der Waals surface area contributed by atoms with E-state index in [9.17, 15) is 0 Å². The highest BCUT2D eigenvalue weighted by atomic mass is 28.3. The van der Waals surface area contributed by atoms with Crippen molar-refractivity contribution in [1.82, 2.24) is 19.1 Å². The number of aromatic nitrogens is 4. The average molecular weight is 819 g/mol. The molecule has 0 spiro atoms. The molecule has 1 aliphatic rings. The number of hydrogen-bond acceptors (Lipinski definition) is 2. The maximum atomic E-state index is 5.58. The average Bonchev–Trinajstić information content (AvgIpc) is 3.98. The second-order valence-electron chi connectivity index (χ2n) is 16.5. The molecule has 0 aliphatic carbocycles. The number of para-hydroxylation sites is 3. The summed E-state index contributed by atoms with van der Waals surface area (Å²) in [4.78, 5) is 11.1. The first-order valence-electron chi connectivity index (χ1n) is 21.6. The Bertz CT molecular complexity index is 3630. The summed E-state index contributed by atoms with van der Waals surface area (Å²) in [7, 11) is -3.10. The Morgan fingerprint density at radius 3 is 1.33 bits per heavy atom. The van der Waals surface area contributed by atoms with Crippen molar-refractivity contribution in [3.63, 3.8) is 0 Å². The van der Waals surface area contributed by atoms with Crippen LogP contribution in [0.25, 0.3) is 88.9 Å². The Balaban J connectivity index is 1.11. The standard InChI is InChI=1S/C58H38N4Si/c1-5-19-39(20-6-1)55-57-56(60-58(59-55)40-21-7-2-8-22-40)48-35-33-42(38-54(48)63(57,43-23-9-3-10-24-43)44-25-11-4-12-26-44)62-52-32-18-15-29-47(52)49-37-41(34-36-53(49)62)61-50-30-16-13-27-45(50)46-28-14-17-31-51(46)61/h1-38H. The number of fused-ring (bicyclic) bond motifs is 9. The lowest BCUT2D eigenvalue weighted by Gasteiger charge is -2.32. The predicted molar refractivity (Wildman–Crippen MR) is 264 cm³/mol. The van der Waals surface area contributed by atoms with Crippen LogP contribution >= 0.6 is 0 Å². The summed E-state index contributed by atoms with van der Waals surface area (Å²) in [5, 5.41) is 10.1. The van der Waals surface area contributed by atoms with Crippen molar-refractivity contribution in [2.75, 3.05) is 0 Å². The van der Waals surface area contributed by atoms with Gasteiger partial charge in [0.15, 0.2) is 13.9 Å². The second kappa shape index (κ2) is 14.0. The summed E-state index contributed by atoms with van der Waals surface area (Å²) < 4.78 is 4.88. The number of benzene rings is 9. The fraction of sp³-hybridized carbons (Fsp3) is 0. The van der Waals surface area contributed by atoms with Crippen LogP contribution in [0.3, 0.4) is 0 Å². The van der Waals surface area contributed by atoms with Gasteiger partial charge in [-0.15, -0.1) is 0 Å². The molecule has 0 bridgehead atoms. The van der Waals surface area contributed by atoms with E-state index in [-0.39, 0.29) is 0 Å². The molecule has 0 saturated carbocycles. The Labute approximate surface area is 365 Å². The lowest BCUT2D eigenvalue weighted by molar-refractivity contribution is 1.17. The van der Waals surface area contributed by atoms with Crippen molar-refractivity contribution < 1.29 is 0 Å². The van der Waals surface area contributed by atoms with Crippen LogP contribution in [0.2, 0.25) is 0 Å². The molecule has 0 atom stereocenters. The Kier molecular flexibility index (Phi) is 7.89. The van der Waals surface area contributed by atoms with Crippen LogP contribution in [0.15, 0.2) is 231 Å². The SMILES string of the molecule is c1ccc(-c2nc(-c3ccccc3)c3c(n2)-c2ccc(-n4c5ccccc5c5cc(-n6c7ccccc7c7ccccc76)ccc54)cc2[Si]3(c2ccccc2)c2ccccc2)cc1. The first kappa shape index (κ1) is 35.6. The van der Waals surface area contributed by atoms with E-state index < -0.39 is 8.07 Å². The molecule has 4 nitrogen and oxygen atoms in total. The molecule has 0 unspecified atom stereocenters. The molecular weight excluding hydrogens is 781 g/mol. The monoisotopic (exact) mass is 818 g/mol. The first-order valence-corrected chi connectivity index (χ1v) is 23.6. The van der Waals surface area contributed by atoms with E-state index in [1.54, 1.807) is 0 Å². The van der Waals surface area contributed by atoms with Gasteiger partial charge in [0.05, 0.1) is 33.5 Å².